The van der Waals surface area contributed by atoms with Crippen LogP contribution in [0.15, 0.2) is 78.9 Å². The Bertz CT molecular complexity index is 1340. The average molecular weight is 388 g/mol. The summed E-state index contributed by atoms with van der Waals surface area (Å²) in [6.45, 7) is 0. The highest BCUT2D eigenvalue weighted by molar-refractivity contribution is 7.21. The Morgan fingerprint density at radius 3 is 2.33 bits per heavy atom. The molecule has 1 heterocycles. The number of carbonyl (C=O) groups excluding carboxylic acids is 1. The van der Waals surface area contributed by atoms with Crippen LogP contribution in [-0.4, -0.2) is 5.91 Å². The van der Waals surface area contributed by atoms with Crippen molar-refractivity contribution in [2.24, 2.45) is 0 Å². The number of fused-ring (bicyclic) bond motifs is 4. The van der Waals surface area contributed by atoms with Crippen LogP contribution >= 0.6 is 22.9 Å². The van der Waals surface area contributed by atoms with Crippen LogP contribution in [0, 0.1) is 0 Å². The van der Waals surface area contributed by atoms with Gasteiger partial charge in [-0.2, -0.15) is 0 Å². The standard InChI is InChI=1S/C23H14ClNOS/c24-21-18-8-3-4-11-20(18)27-22(21)23(26)25-19-10-5-9-16-15-7-2-1-6-14(15)12-13-17(16)19/h1-13H,(H,25,26). The molecule has 0 spiro atoms. The van der Waals surface area contributed by atoms with Gasteiger partial charge in [-0.05, 0) is 28.3 Å². The first-order valence-electron chi connectivity index (χ1n) is 8.61. The van der Waals surface area contributed by atoms with Gasteiger partial charge in [0.2, 0.25) is 0 Å². The van der Waals surface area contributed by atoms with Crippen LogP contribution in [0.4, 0.5) is 5.69 Å². The van der Waals surface area contributed by atoms with Crippen LogP contribution in [0.3, 0.4) is 0 Å². The first kappa shape index (κ1) is 16.3. The highest BCUT2D eigenvalue weighted by atomic mass is 35.5. The summed E-state index contributed by atoms with van der Waals surface area (Å²) in [7, 11) is 0. The lowest BCUT2D eigenvalue weighted by Crippen LogP contribution is -2.10. The maximum atomic E-state index is 12.9. The smallest absolute Gasteiger partial charge is 0.267 e. The first-order valence-corrected chi connectivity index (χ1v) is 9.81. The Hall–Kier alpha value is -2.88. The Balaban J connectivity index is 1.60. The van der Waals surface area contributed by atoms with Crippen LogP contribution in [0.5, 0.6) is 0 Å². The molecule has 1 N–H and O–H groups in total. The second-order valence-electron chi connectivity index (χ2n) is 6.38. The van der Waals surface area contributed by atoms with Crippen molar-refractivity contribution in [2.75, 3.05) is 5.32 Å². The van der Waals surface area contributed by atoms with E-state index in [2.05, 4.69) is 35.6 Å². The summed E-state index contributed by atoms with van der Waals surface area (Å²) in [6.07, 6.45) is 0. The molecule has 5 rings (SSSR count). The normalized spacial score (nSPS) is 11.3. The Morgan fingerprint density at radius 1 is 0.741 bits per heavy atom. The van der Waals surface area contributed by atoms with E-state index in [0.717, 1.165) is 26.5 Å². The molecular formula is C23H14ClNOS. The van der Waals surface area contributed by atoms with Gasteiger partial charge < -0.3 is 5.32 Å². The second-order valence-corrected chi connectivity index (χ2v) is 7.81. The Labute approximate surface area is 165 Å². The van der Waals surface area contributed by atoms with Crippen molar-refractivity contribution in [3.05, 3.63) is 88.8 Å². The van der Waals surface area contributed by atoms with Crippen molar-refractivity contribution in [3.8, 4) is 0 Å². The molecule has 0 aliphatic heterocycles. The summed E-state index contributed by atoms with van der Waals surface area (Å²) < 4.78 is 1.01. The molecule has 0 radical (unpaired) electrons. The summed E-state index contributed by atoms with van der Waals surface area (Å²) in [5.74, 6) is -0.179. The van der Waals surface area contributed by atoms with Crippen molar-refractivity contribution in [2.45, 2.75) is 0 Å². The molecule has 0 fully saturated rings. The van der Waals surface area contributed by atoms with E-state index in [1.54, 1.807) is 0 Å². The van der Waals surface area contributed by atoms with E-state index in [0.29, 0.717) is 9.90 Å². The first-order chi connectivity index (χ1) is 13.2. The lowest BCUT2D eigenvalue weighted by atomic mass is 10.0. The van der Waals surface area contributed by atoms with Crippen LogP contribution in [0.1, 0.15) is 9.67 Å². The molecule has 0 saturated heterocycles. The third-order valence-corrected chi connectivity index (χ3v) is 6.45. The molecule has 4 heteroatoms. The number of hydrogen-bond donors (Lipinski definition) is 1. The number of anilines is 1. The van der Waals surface area contributed by atoms with E-state index in [-0.39, 0.29) is 5.91 Å². The SMILES string of the molecule is O=C(Nc1cccc2c1ccc1ccccc12)c1sc2ccccc2c1Cl. The van der Waals surface area contributed by atoms with Gasteiger partial charge >= 0.3 is 0 Å². The maximum Gasteiger partial charge on any atom is 0.267 e. The molecule has 5 aromatic rings. The number of amides is 1. The lowest BCUT2D eigenvalue weighted by molar-refractivity contribution is 0.103. The van der Waals surface area contributed by atoms with Gasteiger partial charge in [0.15, 0.2) is 0 Å². The molecule has 1 amide bonds. The van der Waals surface area contributed by atoms with Crippen LogP contribution in [0.2, 0.25) is 5.02 Å². The minimum absolute atomic E-state index is 0.179. The van der Waals surface area contributed by atoms with Gasteiger partial charge in [0.05, 0.1) is 5.02 Å². The minimum atomic E-state index is -0.179. The van der Waals surface area contributed by atoms with Crippen molar-refractivity contribution in [3.63, 3.8) is 0 Å². The fourth-order valence-electron chi connectivity index (χ4n) is 3.49. The number of hydrogen-bond acceptors (Lipinski definition) is 2. The van der Waals surface area contributed by atoms with E-state index in [1.165, 1.54) is 22.1 Å². The van der Waals surface area contributed by atoms with Crippen molar-refractivity contribution in [1.82, 2.24) is 0 Å². The maximum absolute atomic E-state index is 12.9. The third kappa shape index (κ3) is 2.67. The topological polar surface area (TPSA) is 29.1 Å². The van der Waals surface area contributed by atoms with Crippen molar-refractivity contribution in [1.29, 1.82) is 0 Å². The van der Waals surface area contributed by atoms with E-state index < -0.39 is 0 Å². The van der Waals surface area contributed by atoms with E-state index in [1.807, 2.05) is 48.5 Å². The predicted molar refractivity (Wildman–Crippen MR) is 116 cm³/mol. The quantitative estimate of drug-likeness (QED) is 0.321. The Kier molecular flexibility index (Phi) is 3.85. The molecular weight excluding hydrogens is 374 g/mol. The second kappa shape index (κ2) is 6.38. The van der Waals surface area contributed by atoms with Gasteiger partial charge in [0, 0.05) is 21.2 Å². The summed E-state index contributed by atoms with van der Waals surface area (Å²) in [4.78, 5) is 13.5. The summed E-state index contributed by atoms with van der Waals surface area (Å²) in [5.41, 5.74) is 0.789. The van der Waals surface area contributed by atoms with E-state index >= 15 is 0 Å². The summed E-state index contributed by atoms with van der Waals surface area (Å²) >= 11 is 7.88. The van der Waals surface area contributed by atoms with Gasteiger partial charge in [-0.15, -0.1) is 11.3 Å². The fourth-order valence-corrected chi connectivity index (χ4v) is 4.90. The molecule has 4 aromatic carbocycles. The number of nitrogens with one attached hydrogen (secondary N) is 1. The van der Waals surface area contributed by atoms with Crippen LogP contribution < -0.4 is 5.32 Å². The molecule has 0 aliphatic rings. The van der Waals surface area contributed by atoms with Crippen LogP contribution in [-0.2, 0) is 0 Å². The largest absolute Gasteiger partial charge is 0.321 e. The average Bonchev–Trinajstić information content (AvgIpc) is 3.05. The van der Waals surface area contributed by atoms with Crippen molar-refractivity contribution < 1.29 is 4.79 Å². The fraction of sp³-hybridized carbons (Fsp3) is 0. The molecule has 130 valence electrons. The monoisotopic (exact) mass is 387 g/mol. The molecule has 0 atom stereocenters. The number of rotatable bonds is 2. The minimum Gasteiger partial charge on any atom is -0.321 e. The molecule has 0 bridgehead atoms. The van der Waals surface area contributed by atoms with Gasteiger partial charge in [-0.1, -0.05) is 78.3 Å². The van der Waals surface area contributed by atoms with Gasteiger partial charge in [0.1, 0.15) is 4.88 Å². The number of carbonyl (C=O) groups is 1. The molecule has 0 unspecified atom stereocenters. The third-order valence-electron chi connectivity index (χ3n) is 4.78. The lowest BCUT2D eigenvalue weighted by Gasteiger charge is -2.10. The number of benzene rings is 4. The van der Waals surface area contributed by atoms with Crippen molar-refractivity contribution >= 4 is 66.2 Å². The van der Waals surface area contributed by atoms with Gasteiger partial charge in [0.25, 0.3) is 5.91 Å². The highest BCUT2D eigenvalue weighted by Gasteiger charge is 2.18. The molecule has 1 aromatic heterocycles. The van der Waals surface area contributed by atoms with E-state index in [4.69, 9.17) is 11.6 Å². The molecule has 0 saturated carbocycles. The zero-order valence-corrected chi connectivity index (χ0v) is 15.8. The highest BCUT2D eigenvalue weighted by Crippen LogP contribution is 2.36. The predicted octanol–water partition coefficient (Wildman–Crippen LogP) is 7.11. The number of halogens is 1. The molecule has 2 nitrogen and oxygen atoms in total. The van der Waals surface area contributed by atoms with Gasteiger partial charge in [-0.25, -0.2) is 0 Å². The zero-order valence-electron chi connectivity index (χ0n) is 14.2. The summed E-state index contributed by atoms with van der Waals surface area (Å²) in [6, 6.07) is 26.2. The molecule has 27 heavy (non-hydrogen) atoms. The zero-order chi connectivity index (χ0) is 18.4. The van der Waals surface area contributed by atoms with Gasteiger partial charge in [-0.3, -0.25) is 4.79 Å². The van der Waals surface area contributed by atoms with E-state index in [9.17, 15) is 4.79 Å². The molecule has 0 aliphatic carbocycles. The van der Waals surface area contributed by atoms with Crippen LogP contribution in [0.25, 0.3) is 31.6 Å². The summed E-state index contributed by atoms with van der Waals surface area (Å²) in [5, 5.41) is 8.97. The number of thiophene rings is 1. The Morgan fingerprint density at radius 2 is 1.48 bits per heavy atom.